The number of rotatable bonds is 3. The third-order valence-corrected chi connectivity index (χ3v) is 3.89. The van der Waals surface area contributed by atoms with Crippen LogP contribution < -0.4 is 5.32 Å². The molecule has 3 N–H and O–H groups in total. The summed E-state index contributed by atoms with van der Waals surface area (Å²) in [6.07, 6.45) is 2.51. The molecule has 0 aliphatic heterocycles. The second kappa shape index (κ2) is 4.66. The molecule has 2 unspecified atom stereocenters. The first-order valence-corrected chi connectivity index (χ1v) is 6.56. The molecule has 19 heavy (non-hydrogen) atoms. The Bertz CT molecular complexity index is 579. The number of fused-ring (bicyclic) bond motifs is 1. The van der Waals surface area contributed by atoms with Crippen molar-refractivity contribution in [2.75, 3.05) is 0 Å². The van der Waals surface area contributed by atoms with E-state index in [4.69, 9.17) is 0 Å². The number of nitrogens with one attached hydrogen (secondary N) is 2. The molecular weight excluding hydrogens is 240 g/mol. The minimum Gasteiger partial charge on any atom is -0.508 e. The molecule has 0 bridgehead atoms. The van der Waals surface area contributed by atoms with Crippen molar-refractivity contribution < 1.29 is 5.11 Å². The number of phenolic OH excluding ortho intramolecular Hbond substituents is 1. The molecule has 100 valence electrons. The molecule has 1 aromatic heterocycles. The largest absolute Gasteiger partial charge is 0.508 e. The van der Waals surface area contributed by atoms with Crippen molar-refractivity contribution in [3.63, 3.8) is 0 Å². The molecule has 0 saturated carbocycles. The van der Waals surface area contributed by atoms with Gasteiger partial charge in [-0.2, -0.15) is 5.10 Å². The van der Waals surface area contributed by atoms with Crippen molar-refractivity contribution in [1.82, 2.24) is 20.5 Å². The summed E-state index contributed by atoms with van der Waals surface area (Å²) < 4.78 is 0. The van der Waals surface area contributed by atoms with Crippen molar-refractivity contribution in [1.29, 1.82) is 0 Å². The van der Waals surface area contributed by atoms with Gasteiger partial charge in [-0.1, -0.05) is 13.0 Å². The fourth-order valence-electron chi connectivity index (χ4n) is 3.06. The highest BCUT2D eigenvalue weighted by Crippen LogP contribution is 2.45. The van der Waals surface area contributed by atoms with Crippen LogP contribution in [0.15, 0.2) is 18.5 Å². The maximum Gasteiger partial charge on any atom is 0.138 e. The molecule has 0 fully saturated rings. The van der Waals surface area contributed by atoms with Crippen LogP contribution in [0.2, 0.25) is 0 Å². The zero-order valence-corrected chi connectivity index (χ0v) is 11.1. The van der Waals surface area contributed by atoms with E-state index in [0.717, 1.165) is 17.8 Å². The Kier molecular flexibility index (Phi) is 2.98. The second-order valence-corrected chi connectivity index (χ2v) is 5.23. The van der Waals surface area contributed by atoms with Crippen molar-refractivity contribution in [3.05, 3.63) is 41.0 Å². The molecule has 5 nitrogen and oxygen atoms in total. The lowest BCUT2D eigenvalue weighted by molar-refractivity contribution is 0.443. The molecule has 1 aliphatic rings. The van der Waals surface area contributed by atoms with Gasteiger partial charge in [0, 0.05) is 11.6 Å². The normalized spacial score (nSPS) is 21.6. The van der Waals surface area contributed by atoms with Gasteiger partial charge in [0.05, 0.1) is 6.54 Å². The summed E-state index contributed by atoms with van der Waals surface area (Å²) >= 11 is 0. The van der Waals surface area contributed by atoms with Gasteiger partial charge >= 0.3 is 0 Å². The molecule has 1 aliphatic carbocycles. The Morgan fingerprint density at radius 1 is 1.42 bits per heavy atom. The second-order valence-electron chi connectivity index (χ2n) is 5.23. The number of benzene rings is 1. The number of hydrogen-bond donors (Lipinski definition) is 3. The van der Waals surface area contributed by atoms with E-state index in [1.165, 1.54) is 17.5 Å². The highest BCUT2D eigenvalue weighted by atomic mass is 16.3. The van der Waals surface area contributed by atoms with Crippen LogP contribution >= 0.6 is 0 Å². The fourth-order valence-corrected chi connectivity index (χ4v) is 3.06. The molecule has 2 aromatic rings. The first-order valence-electron chi connectivity index (χ1n) is 6.56. The van der Waals surface area contributed by atoms with Crippen LogP contribution in [0.4, 0.5) is 0 Å². The monoisotopic (exact) mass is 258 g/mol. The van der Waals surface area contributed by atoms with Gasteiger partial charge in [0.1, 0.15) is 17.9 Å². The molecule has 0 spiro atoms. The number of H-pyrrole nitrogens is 1. The van der Waals surface area contributed by atoms with Gasteiger partial charge in [0.25, 0.3) is 0 Å². The molecule has 3 rings (SSSR count). The standard InChI is InChI=1S/C14H18N4O/c1-8-3-4-11(19)14-10(5-9(2)13(8)14)15-6-12-16-7-17-18-12/h3-4,7,9-10,15,19H,5-6H2,1-2H3,(H,16,17,18). The third-order valence-electron chi connectivity index (χ3n) is 3.89. The summed E-state index contributed by atoms with van der Waals surface area (Å²) in [6, 6.07) is 3.95. The summed E-state index contributed by atoms with van der Waals surface area (Å²) in [5, 5.41) is 20.2. The lowest BCUT2D eigenvalue weighted by Crippen LogP contribution is -2.19. The van der Waals surface area contributed by atoms with Gasteiger partial charge in [0.2, 0.25) is 0 Å². The van der Waals surface area contributed by atoms with Crippen LogP contribution in [0, 0.1) is 6.92 Å². The third kappa shape index (κ3) is 2.10. The van der Waals surface area contributed by atoms with E-state index < -0.39 is 0 Å². The topological polar surface area (TPSA) is 73.8 Å². The summed E-state index contributed by atoms with van der Waals surface area (Å²) in [5.74, 6) is 1.67. The van der Waals surface area contributed by atoms with Gasteiger partial charge in [-0.3, -0.25) is 5.10 Å². The first kappa shape index (κ1) is 12.2. The maximum absolute atomic E-state index is 10.1. The van der Waals surface area contributed by atoms with Crippen LogP contribution in [0.3, 0.4) is 0 Å². The summed E-state index contributed by atoms with van der Waals surface area (Å²) in [5.41, 5.74) is 3.59. The SMILES string of the molecule is Cc1ccc(O)c2c1C(C)CC2NCc1ncn[nH]1. The van der Waals surface area contributed by atoms with Gasteiger partial charge in [0.15, 0.2) is 0 Å². The Morgan fingerprint density at radius 3 is 3.00 bits per heavy atom. The van der Waals surface area contributed by atoms with Crippen molar-refractivity contribution in [3.8, 4) is 5.75 Å². The van der Waals surface area contributed by atoms with Crippen LogP contribution in [-0.4, -0.2) is 20.3 Å². The minimum atomic E-state index is 0.176. The van der Waals surface area contributed by atoms with E-state index in [9.17, 15) is 5.11 Å². The van der Waals surface area contributed by atoms with Crippen LogP contribution in [0.25, 0.3) is 0 Å². The predicted molar refractivity (Wildman–Crippen MR) is 71.8 cm³/mol. The molecule has 5 heteroatoms. The Hall–Kier alpha value is -1.88. The van der Waals surface area contributed by atoms with E-state index >= 15 is 0 Å². The van der Waals surface area contributed by atoms with Crippen LogP contribution in [-0.2, 0) is 6.54 Å². The smallest absolute Gasteiger partial charge is 0.138 e. The van der Waals surface area contributed by atoms with Crippen LogP contribution in [0.5, 0.6) is 5.75 Å². The van der Waals surface area contributed by atoms with E-state index in [0.29, 0.717) is 18.2 Å². The Morgan fingerprint density at radius 2 is 2.26 bits per heavy atom. The van der Waals surface area contributed by atoms with Gasteiger partial charge in [-0.15, -0.1) is 0 Å². The van der Waals surface area contributed by atoms with E-state index in [1.807, 2.05) is 6.07 Å². The van der Waals surface area contributed by atoms with E-state index in [1.54, 1.807) is 6.07 Å². The van der Waals surface area contributed by atoms with Crippen LogP contribution in [0.1, 0.15) is 47.8 Å². The summed E-state index contributed by atoms with van der Waals surface area (Å²) in [6.45, 7) is 4.94. The van der Waals surface area contributed by atoms with E-state index in [2.05, 4.69) is 34.3 Å². The molecule has 0 saturated heterocycles. The lowest BCUT2D eigenvalue weighted by Gasteiger charge is -2.15. The van der Waals surface area contributed by atoms with Gasteiger partial charge in [-0.05, 0) is 36.5 Å². The molecule has 0 radical (unpaired) electrons. The fraction of sp³-hybridized carbons (Fsp3) is 0.429. The molecule has 2 atom stereocenters. The molecule has 1 aromatic carbocycles. The number of aromatic nitrogens is 3. The first-order chi connectivity index (χ1) is 9.16. The molecule has 1 heterocycles. The zero-order valence-electron chi connectivity index (χ0n) is 11.1. The van der Waals surface area contributed by atoms with Crippen molar-refractivity contribution in [2.45, 2.75) is 38.8 Å². The average molecular weight is 258 g/mol. The highest BCUT2D eigenvalue weighted by molar-refractivity contribution is 5.50. The lowest BCUT2D eigenvalue weighted by atomic mass is 9.97. The summed E-state index contributed by atoms with van der Waals surface area (Å²) in [4.78, 5) is 4.10. The molecular formula is C14H18N4O. The maximum atomic E-state index is 10.1. The van der Waals surface area contributed by atoms with Crippen molar-refractivity contribution >= 4 is 0 Å². The number of nitrogens with zero attached hydrogens (tertiary/aromatic N) is 2. The summed E-state index contributed by atoms with van der Waals surface area (Å²) in [7, 11) is 0. The van der Waals surface area contributed by atoms with Crippen molar-refractivity contribution in [2.24, 2.45) is 0 Å². The highest BCUT2D eigenvalue weighted by Gasteiger charge is 2.31. The minimum absolute atomic E-state index is 0.176. The number of aryl methyl sites for hydroxylation is 1. The number of hydrogen-bond acceptors (Lipinski definition) is 4. The number of phenols is 1. The van der Waals surface area contributed by atoms with Gasteiger partial charge < -0.3 is 10.4 Å². The van der Waals surface area contributed by atoms with E-state index in [-0.39, 0.29) is 6.04 Å². The number of aromatic amines is 1. The quantitative estimate of drug-likeness (QED) is 0.788. The zero-order chi connectivity index (χ0) is 13.4. The van der Waals surface area contributed by atoms with Gasteiger partial charge in [-0.25, -0.2) is 4.98 Å². The Labute approximate surface area is 112 Å². The Balaban J connectivity index is 1.85. The predicted octanol–water partition coefficient (Wildman–Crippen LogP) is 2.16. The molecule has 0 amide bonds. The number of aromatic hydroxyl groups is 1. The average Bonchev–Trinajstić information content (AvgIpc) is 2.99.